The van der Waals surface area contributed by atoms with Crippen molar-refractivity contribution < 1.29 is 23.8 Å². The van der Waals surface area contributed by atoms with Crippen molar-refractivity contribution in [2.45, 2.75) is 84.7 Å². The second-order valence-electron chi connectivity index (χ2n) is 12.5. The van der Waals surface area contributed by atoms with E-state index in [1.54, 1.807) is 6.92 Å². The first-order valence-corrected chi connectivity index (χ1v) is 14.4. The van der Waals surface area contributed by atoms with E-state index in [1.165, 1.54) is 0 Å². The molecule has 0 amide bonds. The lowest BCUT2D eigenvalue weighted by molar-refractivity contribution is -0.212. The molecule has 0 bridgehead atoms. The highest BCUT2D eigenvalue weighted by atomic mass is 16.6. The van der Waals surface area contributed by atoms with Gasteiger partial charge in [-0.3, -0.25) is 9.59 Å². The first-order chi connectivity index (χ1) is 18.1. The summed E-state index contributed by atoms with van der Waals surface area (Å²) in [5, 5.41) is 0. The molecule has 2 saturated heterocycles. The van der Waals surface area contributed by atoms with Crippen LogP contribution >= 0.6 is 0 Å². The Hall–Kier alpha value is -2.24. The fourth-order valence-electron chi connectivity index (χ4n) is 7.46. The minimum Gasteiger partial charge on any atom is -0.455 e. The topological polar surface area (TPSA) is 61.8 Å². The van der Waals surface area contributed by atoms with Crippen LogP contribution in [0, 0.1) is 40.9 Å². The molecule has 0 aromatic heterocycles. The maximum Gasteiger partial charge on any atom is 0.322 e. The van der Waals surface area contributed by atoms with Crippen LogP contribution in [0.4, 0.5) is 0 Å². The van der Waals surface area contributed by atoms with Gasteiger partial charge in [0.25, 0.3) is 0 Å². The van der Waals surface area contributed by atoms with Crippen LogP contribution in [0.25, 0.3) is 0 Å². The predicted molar refractivity (Wildman–Crippen MR) is 149 cm³/mol. The molecule has 3 fully saturated rings. The molecule has 0 radical (unpaired) electrons. The Bertz CT molecular complexity index is 1020. The van der Waals surface area contributed by atoms with Crippen LogP contribution in [0.5, 0.6) is 0 Å². The number of carbonyl (C=O) groups is 2. The normalized spacial score (nSPS) is 38.3. The first kappa shape index (κ1) is 28.8. The highest BCUT2D eigenvalue weighted by molar-refractivity contribution is 6.07. The summed E-state index contributed by atoms with van der Waals surface area (Å²) in [5.41, 5.74) is -0.965. The summed E-state index contributed by atoms with van der Waals surface area (Å²) >= 11 is 0. The van der Waals surface area contributed by atoms with Gasteiger partial charge in [-0.2, -0.15) is 0 Å². The highest BCUT2D eigenvalue weighted by Crippen LogP contribution is 2.59. The van der Waals surface area contributed by atoms with Crippen LogP contribution in [0.1, 0.15) is 65.9 Å². The molecule has 1 aromatic rings. The fraction of sp³-hybridized carbons (Fsp3) is 0.636. The SMILES string of the molecule is C=CC[C@H]1C[C@H](COCc2ccccc2)[C@@H](C)C[C@]12OC(=O)[C@@]1(C)C(=O)[C@@H](C)[C@@H]([C@H](C)C[C@H](C)C=C)O[C@H]12. The molecule has 5 heteroatoms. The number of Topliss-reactive ketones (excluding diaryl/α,β-unsaturated/α-hetero) is 1. The van der Waals surface area contributed by atoms with Gasteiger partial charge in [0.05, 0.1) is 19.3 Å². The van der Waals surface area contributed by atoms with E-state index in [0.717, 1.165) is 18.4 Å². The zero-order valence-electron chi connectivity index (χ0n) is 23.9. The summed E-state index contributed by atoms with van der Waals surface area (Å²) in [6.45, 7) is 19.3. The molecule has 5 nitrogen and oxygen atoms in total. The van der Waals surface area contributed by atoms with Crippen molar-refractivity contribution in [3.05, 3.63) is 61.2 Å². The van der Waals surface area contributed by atoms with Gasteiger partial charge in [-0.05, 0) is 61.8 Å². The van der Waals surface area contributed by atoms with Gasteiger partial charge in [0.1, 0.15) is 11.7 Å². The lowest BCUT2D eigenvalue weighted by Crippen LogP contribution is -2.63. The smallest absolute Gasteiger partial charge is 0.322 e. The number of hydrogen-bond donors (Lipinski definition) is 0. The zero-order chi connectivity index (χ0) is 27.7. The summed E-state index contributed by atoms with van der Waals surface area (Å²) in [4.78, 5) is 27.4. The molecule has 2 heterocycles. The van der Waals surface area contributed by atoms with Gasteiger partial charge >= 0.3 is 5.97 Å². The highest BCUT2D eigenvalue weighted by Gasteiger charge is 2.73. The van der Waals surface area contributed by atoms with Crippen LogP contribution in [-0.2, 0) is 30.4 Å². The third-order valence-electron chi connectivity index (χ3n) is 9.71. The standard InChI is InChI=1S/C33H46O5/c1-8-13-27-17-26(20-36-19-25-14-11-10-12-15-25)23(5)18-33(27)30-32(7,31(35)38-33)29(34)24(6)28(37-30)22(4)16-21(3)9-2/h8-12,14-15,21-24,26-28,30H,1-2,13,16-20H2,3-7H3/t21-,22-,23+,24+,26-,27+,28-,30-,32+,33+/m1/s1. The molecule has 4 rings (SSSR count). The summed E-state index contributed by atoms with van der Waals surface area (Å²) in [6.07, 6.45) is 6.06. The van der Waals surface area contributed by atoms with Crippen LogP contribution in [0.15, 0.2) is 55.6 Å². The molecule has 1 saturated carbocycles. The van der Waals surface area contributed by atoms with E-state index in [1.807, 2.05) is 37.3 Å². The molecule has 2 aliphatic heterocycles. The maximum absolute atomic E-state index is 13.9. The molecule has 10 atom stereocenters. The number of carbonyl (C=O) groups excluding carboxylic acids is 2. The molecular formula is C33H46O5. The van der Waals surface area contributed by atoms with Gasteiger partial charge in [0.2, 0.25) is 0 Å². The molecule has 1 spiro atoms. The Morgan fingerprint density at radius 1 is 1.16 bits per heavy atom. The first-order valence-electron chi connectivity index (χ1n) is 14.4. The number of esters is 1. The van der Waals surface area contributed by atoms with Crippen LogP contribution < -0.4 is 0 Å². The van der Waals surface area contributed by atoms with E-state index in [4.69, 9.17) is 14.2 Å². The van der Waals surface area contributed by atoms with E-state index < -0.39 is 23.1 Å². The molecule has 0 N–H and O–H groups in total. The van der Waals surface area contributed by atoms with Crippen molar-refractivity contribution in [2.75, 3.05) is 6.61 Å². The lowest BCUT2D eigenvalue weighted by Gasteiger charge is -2.52. The number of ketones is 1. The minimum atomic E-state index is -1.28. The van der Waals surface area contributed by atoms with E-state index in [9.17, 15) is 9.59 Å². The van der Waals surface area contributed by atoms with Crippen molar-refractivity contribution in [2.24, 2.45) is 40.9 Å². The summed E-state index contributed by atoms with van der Waals surface area (Å²) in [6, 6.07) is 10.2. The van der Waals surface area contributed by atoms with E-state index in [-0.39, 0.29) is 35.6 Å². The van der Waals surface area contributed by atoms with Gasteiger partial charge in [0, 0.05) is 11.8 Å². The number of rotatable bonds is 10. The summed E-state index contributed by atoms with van der Waals surface area (Å²) in [7, 11) is 0. The maximum atomic E-state index is 13.9. The number of benzene rings is 1. The van der Waals surface area contributed by atoms with Gasteiger partial charge in [-0.15, -0.1) is 13.2 Å². The molecular weight excluding hydrogens is 476 g/mol. The van der Waals surface area contributed by atoms with Crippen molar-refractivity contribution in [1.29, 1.82) is 0 Å². The number of hydrogen-bond acceptors (Lipinski definition) is 5. The van der Waals surface area contributed by atoms with Crippen molar-refractivity contribution in [1.82, 2.24) is 0 Å². The van der Waals surface area contributed by atoms with Crippen LogP contribution in [0.2, 0.25) is 0 Å². The van der Waals surface area contributed by atoms with Crippen LogP contribution in [-0.4, -0.2) is 36.2 Å². The molecule has 1 aromatic carbocycles. The molecule has 3 aliphatic rings. The molecule has 38 heavy (non-hydrogen) atoms. The minimum absolute atomic E-state index is 0.0153. The second kappa shape index (κ2) is 11.5. The Labute approximate surface area is 229 Å². The van der Waals surface area contributed by atoms with Gasteiger partial charge in [-0.25, -0.2) is 0 Å². The zero-order valence-corrected chi connectivity index (χ0v) is 23.9. The lowest BCUT2D eigenvalue weighted by atomic mass is 9.58. The summed E-state index contributed by atoms with van der Waals surface area (Å²) in [5.74, 6) is 0.210. The number of allylic oxidation sites excluding steroid dienone is 2. The Balaban J connectivity index is 1.58. The van der Waals surface area contributed by atoms with E-state index in [2.05, 4.69) is 46.1 Å². The van der Waals surface area contributed by atoms with E-state index in [0.29, 0.717) is 37.9 Å². The average molecular weight is 523 g/mol. The van der Waals surface area contributed by atoms with Gasteiger partial charge in [0.15, 0.2) is 11.2 Å². The quantitative estimate of drug-likeness (QED) is 0.198. The predicted octanol–water partition coefficient (Wildman–Crippen LogP) is 6.56. The van der Waals surface area contributed by atoms with Gasteiger partial charge in [-0.1, -0.05) is 70.2 Å². The largest absolute Gasteiger partial charge is 0.455 e. The van der Waals surface area contributed by atoms with Crippen molar-refractivity contribution in [3.8, 4) is 0 Å². The van der Waals surface area contributed by atoms with Crippen LogP contribution in [0.3, 0.4) is 0 Å². The summed E-state index contributed by atoms with van der Waals surface area (Å²) < 4.78 is 19.4. The Morgan fingerprint density at radius 2 is 1.87 bits per heavy atom. The Kier molecular flexibility index (Phi) is 8.68. The number of fused-ring (bicyclic) bond motifs is 2. The van der Waals surface area contributed by atoms with Crippen molar-refractivity contribution >= 4 is 11.8 Å². The fourth-order valence-corrected chi connectivity index (χ4v) is 7.46. The number of ether oxygens (including phenoxy) is 3. The van der Waals surface area contributed by atoms with E-state index >= 15 is 0 Å². The third-order valence-corrected chi connectivity index (χ3v) is 9.71. The monoisotopic (exact) mass is 522 g/mol. The molecule has 208 valence electrons. The molecule has 0 unspecified atom stereocenters. The average Bonchev–Trinajstić information content (AvgIpc) is 3.11. The molecule has 1 aliphatic carbocycles. The second-order valence-corrected chi connectivity index (χ2v) is 12.5. The van der Waals surface area contributed by atoms with Gasteiger partial charge < -0.3 is 14.2 Å². The van der Waals surface area contributed by atoms with Crippen molar-refractivity contribution in [3.63, 3.8) is 0 Å². The third kappa shape index (κ3) is 5.04. The Morgan fingerprint density at radius 3 is 2.53 bits per heavy atom.